The van der Waals surface area contributed by atoms with Gasteiger partial charge in [-0.2, -0.15) is 0 Å². The highest BCUT2D eigenvalue weighted by molar-refractivity contribution is 9.10. The number of fused-ring (bicyclic) bond motifs is 1. The van der Waals surface area contributed by atoms with E-state index in [9.17, 15) is 4.79 Å². The Morgan fingerprint density at radius 2 is 2.00 bits per heavy atom. The number of hydrogen-bond acceptors (Lipinski definition) is 6. The molecular weight excluding hydrogens is 430 g/mol. The molecule has 3 heterocycles. The number of carbonyl (C=O) groups excluding carboxylic acids is 1. The first-order valence-electron chi connectivity index (χ1n) is 8.99. The molecule has 0 saturated carbocycles. The minimum atomic E-state index is -0.175. The number of halogens is 1. The Balaban J connectivity index is 1.29. The largest absolute Gasteiger partial charge is 0.454 e. The van der Waals surface area contributed by atoms with E-state index < -0.39 is 0 Å². The maximum atomic E-state index is 12.7. The Morgan fingerprint density at radius 3 is 2.74 bits per heavy atom. The van der Waals surface area contributed by atoms with Crippen molar-refractivity contribution in [2.75, 3.05) is 38.3 Å². The standard InChI is InChI=1S/C19H22BrN3O3S/c1-13(19(24)21-14-2-3-16-17(10-14)26-12-25-16)23-7-5-22(6-8-23)11-18-15(20)4-9-27-18/h2-4,9-10,13H,5-8,11-12H2,1H3,(H,21,24). The Morgan fingerprint density at radius 1 is 1.22 bits per heavy atom. The summed E-state index contributed by atoms with van der Waals surface area (Å²) in [6, 6.07) is 7.40. The summed E-state index contributed by atoms with van der Waals surface area (Å²) in [4.78, 5) is 18.7. The number of piperazine rings is 1. The monoisotopic (exact) mass is 451 g/mol. The van der Waals surface area contributed by atoms with Gasteiger partial charge >= 0.3 is 0 Å². The van der Waals surface area contributed by atoms with E-state index in [2.05, 4.69) is 42.5 Å². The second-order valence-electron chi connectivity index (χ2n) is 6.74. The van der Waals surface area contributed by atoms with Crippen LogP contribution in [0.5, 0.6) is 11.5 Å². The Hall–Kier alpha value is -1.61. The van der Waals surface area contributed by atoms with Gasteiger partial charge in [-0.1, -0.05) is 0 Å². The van der Waals surface area contributed by atoms with E-state index in [4.69, 9.17) is 9.47 Å². The van der Waals surface area contributed by atoms with E-state index in [0.717, 1.165) is 44.2 Å². The third kappa shape index (κ3) is 4.29. The van der Waals surface area contributed by atoms with Gasteiger partial charge < -0.3 is 14.8 Å². The molecular formula is C19H22BrN3O3S. The van der Waals surface area contributed by atoms with Crippen molar-refractivity contribution in [2.45, 2.75) is 19.5 Å². The minimum Gasteiger partial charge on any atom is -0.454 e. The fourth-order valence-electron chi connectivity index (χ4n) is 3.34. The molecule has 1 fully saturated rings. The molecule has 0 aliphatic carbocycles. The molecule has 2 aliphatic heterocycles. The molecule has 0 radical (unpaired) electrons. The molecule has 1 unspecified atom stereocenters. The van der Waals surface area contributed by atoms with Crippen molar-refractivity contribution in [3.8, 4) is 11.5 Å². The van der Waals surface area contributed by atoms with Crippen LogP contribution in [0.2, 0.25) is 0 Å². The van der Waals surface area contributed by atoms with Crippen molar-refractivity contribution in [1.29, 1.82) is 0 Å². The molecule has 0 bridgehead atoms. The molecule has 27 heavy (non-hydrogen) atoms. The summed E-state index contributed by atoms with van der Waals surface area (Å²) in [6.45, 7) is 6.86. The zero-order valence-electron chi connectivity index (χ0n) is 15.1. The first-order valence-corrected chi connectivity index (χ1v) is 10.7. The van der Waals surface area contributed by atoms with Crippen LogP contribution >= 0.6 is 27.3 Å². The van der Waals surface area contributed by atoms with Gasteiger partial charge in [-0.15, -0.1) is 11.3 Å². The summed E-state index contributed by atoms with van der Waals surface area (Å²) in [5.74, 6) is 1.40. The van der Waals surface area contributed by atoms with E-state index in [-0.39, 0.29) is 18.7 Å². The molecule has 4 rings (SSSR count). The third-order valence-electron chi connectivity index (χ3n) is 5.03. The van der Waals surface area contributed by atoms with E-state index in [1.54, 1.807) is 11.3 Å². The van der Waals surface area contributed by atoms with E-state index >= 15 is 0 Å². The first kappa shape index (κ1) is 18.7. The van der Waals surface area contributed by atoms with Crippen molar-refractivity contribution in [3.05, 3.63) is 39.0 Å². The maximum Gasteiger partial charge on any atom is 0.241 e. The number of benzene rings is 1. The molecule has 144 valence electrons. The Labute approximate surface area is 171 Å². The second-order valence-corrected chi connectivity index (χ2v) is 8.59. The summed E-state index contributed by atoms with van der Waals surface area (Å²) in [7, 11) is 0. The number of nitrogens with one attached hydrogen (secondary N) is 1. The lowest BCUT2D eigenvalue weighted by Gasteiger charge is -2.37. The number of thiophene rings is 1. The van der Waals surface area contributed by atoms with Gasteiger partial charge in [0, 0.05) is 53.8 Å². The summed E-state index contributed by atoms with van der Waals surface area (Å²) >= 11 is 5.38. The summed E-state index contributed by atoms with van der Waals surface area (Å²) in [6.07, 6.45) is 0. The van der Waals surface area contributed by atoms with Gasteiger partial charge in [0.05, 0.1) is 6.04 Å². The number of rotatable bonds is 5. The molecule has 6 nitrogen and oxygen atoms in total. The lowest BCUT2D eigenvalue weighted by atomic mass is 10.2. The molecule has 8 heteroatoms. The predicted octanol–water partition coefficient (Wildman–Crippen LogP) is 3.38. The van der Waals surface area contributed by atoms with Gasteiger partial charge in [0.25, 0.3) is 0 Å². The number of carbonyl (C=O) groups is 1. The normalized spacial score (nSPS) is 18.4. The van der Waals surface area contributed by atoms with Crippen molar-refractivity contribution < 1.29 is 14.3 Å². The SMILES string of the molecule is CC(C(=O)Nc1ccc2c(c1)OCO2)N1CCN(Cc2sccc2Br)CC1. The van der Waals surface area contributed by atoms with Gasteiger partial charge in [0.2, 0.25) is 12.7 Å². The topological polar surface area (TPSA) is 54.0 Å². The molecule has 1 aromatic heterocycles. The molecule has 1 atom stereocenters. The zero-order chi connectivity index (χ0) is 18.8. The fourth-order valence-corrected chi connectivity index (χ4v) is 4.86. The molecule has 2 aliphatic rings. The van der Waals surface area contributed by atoms with Crippen LogP contribution in [0.4, 0.5) is 5.69 Å². The Kier molecular flexibility index (Phi) is 5.68. The predicted molar refractivity (Wildman–Crippen MR) is 110 cm³/mol. The third-order valence-corrected chi connectivity index (χ3v) is 6.94. The fraction of sp³-hybridized carbons (Fsp3) is 0.421. The van der Waals surface area contributed by atoms with Crippen LogP contribution in [0.25, 0.3) is 0 Å². The van der Waals surface area contributed by atoms with E-state index in [1.807, 2.05) is 25.1 Å². The van der Waals surface area contributed by atoms with Gasteiger partial charge in [-0.3, -0.25) is 14.6 Å². The number of amides is 1. The first-order chi connectivity index (χ1) is 13.1. The van der Waals surface area contributed by atoms with Crippen molar-refractivity contribution in [1.82, 2.24) is 9.80 Å². The highest BCUT2D eigenvalue weighted by Gasteiger charge is 2.26. The summed E-state index contributed by atoms with van der Waals surface area (Å²) in [5, 5.41) is 5.10. The summed E-state index contributed by atoms with van der Waals surface area (Å²) < 4.78 is 11.9. The quantitative estimate of drug-likeness (QED) is 0.754. The molecule has 1 aromatic carbocycles. The zero-order valence-corrected chi connectivity index (χ0v) is 17.5. The van der Waals surface area contributed by atoms with Crippen LogP contribution < -0.4 is 14.8 Å². The molecule has 1 N–H and O–H groups in total. The molecule has 2 aromatic rings. The average molecular weight is 452 g/mol. The van der Waals surface area contributed by atoms with Gasteiger partial charge in [-0.25, -0.2) is 0 Å². The van der Waals surface area contributed by atoms with Crippen LogP contribution in [0.3, 0.4) is 0 Å². The maximum absolute atomic E-state index is 12.7. The highest BCUT2D eigenvalue weighted by Crippen LogP contribution is 2.34. The van der Waals surface area contributed by atoms with E-state index in [0.29, 0.717) is 5.75 Å². The van der Waals surface area contributed by atoms with Crippen molar-refractivity contribution >= 4 is 38.9 Å². The van der Waals surface area contributed by atoms with Crippen LogP contribution in [-0.2, 0) is 11.3 Å². The number of nitrogens with zero attached hydrogens (tertiary/aromatic N) is 2. The molecule has 1 saturated heterocycles. The smallest absolute Gasteiger partial charge is 0.241 e. The Bertz CT molecular complexity index is 820. The van der Waals surface area contributed by atoms with Gasteiger partial charge in [0.1, 0.15) is 0 Å². The lowest BCUT2D eigenvalue weighted by molar-refractivity contribution is -0.121. The number of hydrogen-bond donors (Lipinski definition) is 1. The van der Waals surface area contributed by atoms with Crippen molar-refractivity contribution in [3.63, 3.8) is 0 Å². The lowest BCUT2D eigenvalue weighted by Crippen LogP contribution is -2.52. The average Bonchev–Trinajstić information content (AvgIpc) is 3.30. The van der Waals surface area contributed by atoms with Crippen molar-refractivity contribution in [2.24, 2.45) is 0 Å². The van der Waals surface area contributed by atoms with Crippen LogP contribution in [-0.4, -0.2) is 54.7 Å². The minimum absolute atomic E-state index is 0.00307. The van der Waals surface area contributed by atoms with E-state index in [1.165, 1.54) is 9.35 Å². The van der Waals surface area contributed by atoms with Crippen LogP contribution in [0, 0.1) is 0 Å². The van der Waals surface area contributed by atoms with Crippen LogP contribution in [0.15, 0.2) is 34.1 Å². The number of ether oxygens (including phenoxy) is 2. The van der Waals surface area contributed by atoms with Gasteiger partial charge in [0.15, 0.2) is 11.5 Å². The summed E-state index contributed by atoms with van der Waals surface area (Å²) in [5.41, 5.74) is 0.734. The number of anilines is 1. The highest BCUT2D eigenvalue weighted by atomic mass is 79.9. The van der Waals surface area contributed by atoms with Gasteiger partial charge in [-0.05, 0) is 46.4 Å². The second kappa shape index (κ2) is 8.18. The molecule has 0 spiro atoms. The van der Waals surface area contributed by atoms with Crippen LogP contribution in [0.1, 0.15) is 11.8 Å². The molecule has 1 amide bonds.